The topological polar surface area (TPSA) is 71.2 Å². The van der Waals surface area contributed by atoms with Gasteiger partial charge >= 0.3 is 0 Å². The molecule has 4 rings (SSSR count). The molecule has 3 aromatic heterocycles. The van der Waals surface area contributed by atoms with E-state index in [0.717, 1.165) is 48.5 Å². The van der Waals surface area contributed by atoms with E-state index in [1.54, 1.807) is 11.3 Å². The average Bonchev–Trinajstić information content (AvgIpc) is 3.17. The van der Waals surface area contributed by atoms with Gasteiger partial charge in [0.1, 0.15) is 10.8 Å². The van der Waals surface area contributed by atoms with Crippen molar-refractivity contribution in [1.29, 1.82) is 0 Å². The van der Waals surface area contributed by atoms with Gasteiger partial charge in [0, 0.05) is 49.1 Å². The van der Waals surface area contributed by atoms with Crippen molar-refractivity contribution in [2.45, 2.75) is 32.7 Å². The third-order valence-electron chi connectivity index (χ3n) is 4.39. The van der Waals surface area contributed by atoms with Gasteiger partial charge in [-0.1, -0.05) is 20.8 Å². The summed E-state index contributed by atoms with van der Waals surface area (Å²) in [6, 6.07) is 4.04. The smallest absolute Gasteiger partial charge is 0.178 e. The van der Waals surface area contributed by atoms with Crippen LogP contribution in [0, 0.1) is 5.92 Å². The van der Waals surface area contributed by atoms with Gasteiger partial charge in [0.15, 0.2) is 11.5 Å². The van der Waals surface area contributed by atoms with Crippen LogP contribution in [0.25, 0.3) is 5.65 Å². The van der Waals surface area contributed by atoms with Crippen molar-refractivity contribution in [2.24, 2.45) is 5.92 Å². The molecule has 1 aliphatic rings. The Balaban J connectivity index is 1.37. The zero-order valence-corrected chi connectivity index (χ0v) is 15.6. The van der Waals surface area contributed by atoms with Crippen molar-refractivity contribution < 1.29 is 0 Å². The Morgan fingerprint density at radius 1 is 1.24 bits per heavy atom. The molecule has 8 heteroatoms. The van der Waals surface area contributed by atoms with Gasteiger partial charge in [-0.05, 0) is 12.1 Å². The Hall–Kier alpha value is -2.06. The van der Waals surface area contributed by atoms with Crippen LogP contribution in [0.3, 0.4) is 0 Å². The minimum atomic E-state index is -0.0811. The van der Waals surface area contributed by atoms with Crippen molar-refractivity contribution in [3.8, 4) is 0 Å². The number of rotatable bonds is 5. The maximum Gasteiger partial charge on any atom is 0.178 e. The third kappa shape index (κ3) is 3.36. The number of hydrogen-bond donors (Lipinski definition) is 1. The van der Waals surface area contributed by atoms with Gasteiger partial charge in [0.05, 0.1) is 0 Å². The zero-order chi connectivity index (χ0) is 17.4. The summed E-state index contributed by atoms with van der Waals surface area (Å²) in [6.45, 7) is 10.3. The number of thiazole rings is 1. The molecule has 132 valence electrons. The van der Waals surface area contributed by atoms with E-state index in [1.165, 1.54) is 0 Å². The molecular weight excluding hydrogens is 334 g/mol. The fourth-order valence-corrected chi connectivity index (χ4v) is 3.61. The lowest BCUT2D eigenvalue weighted by Crippen LogP contribution is -2.51. The molecule has 0 amide bonds. The van der Waals surface area contributed by atoms with E-state index in [9.17, 15) is 0 Å². The predicted molar refractivity (Wildman–Crippen MR) is 99.0 cm³/mol. The van der Waals surface area contributed by atoms with Crippen LogP contribution in [0.1, 0.15) is 31.6 Å². The number of anilines is 1. The maximum absolute atomic E-state index is 4.77. The molecule has 0 unspecified atom stereocenters. The lowest BCUT2D eigenvalue weighted by Gasteiger charge is -2.40. The Kier molecular flexibility index (Phi) is 4.16. The first-order chi connectivity index (χ1) is 12.0. The Morgan fingerprint density at radius 2 is 2.08 bits per heavy atom. The molecule has 1 aliphatic heterocycles. The summed E-state index contributed by atoms with van der Waals surface area (Å²) in [5, 5.41) is 20.0. The first-order valence-corrected chi connectivity index (χ1v) is 9.45. The Morgan fingerprint density at radius 3 is 2.80 bits per heavy atom. The fourth-order valence-electron chi connectivity index (χ4n) is 3.03. The van der Waals surface area contributed by atoms with Crippen LogP contribution < -0.4 is 10.2 Å². The maximum atomic E-state index is 4.77. The monoisotopic (exact) mass is 357 g/mol. The molecule has 0 radical (unpaired) electrons. The summed E-state index contributed by atoms with van der Waals surface area (Å²) in [4.78, 5) is 6.60. The minimum absolute atomic E-state index is 0.0811. The lowest BCUT2D eigenvalue weighted by atomic mass is 9.96. The first kappa shape index (κ1) is 16.4. The van der Waals surface area contributed by atoms with Crippen molar-refractivity contribution in [2.75, 3.05) is 24.5 Å². The second kappa shape index (κ2) is 6.34. The SMILES string of the molecule is CC(C)(C)c1nnc2ccc(N3CC(CNCc4nccs4)C3)nn12. The normalized spacial score (nSPS) is 15.7. The molecule has 0 aromatic carbocycles. The van der Waals surface area contributed by atoms with Crippen molar-refractivity contribution in [3.05, 3.63) is 34.5 Å². The molecule has 0 atom stereocenters. The lowest BCUT2D eigenvalue weighted by molar-refractivity contribution is 0.380. The molecular formula is C17H23N7S. The fraction of sp³-hybridized carbons (Fsp3) is 0.529. The highest BCUT2D eigenvalue weighted by atomic mass is 32.1. The van der Waals surface area contributed by atoms with Gasteiger partial charge in [0.25, 0.3) is 0 Å². The summed E-state index contributed by atoms with van der Waals surface area (Å²) in [5.41, 5.74) is 0.721. The molecule has 25 heavy (non-hydrogen) atoms. The number of hydrogen-bond acceptors (Lipinski definition) is 7. The second-order valence-electron chi connectivity index (χ2n) is 7.56. The summed E-state index contributed by atoms with van der Waals surface area (Å²) in [5.74, 6) is 2.54. The van der Waals surface area contributed by atoms with Crippen LogP contribution in [0.15, 0.2) is 23.7 Å². The molecule has 0 saturated carbocycles. The first-order valence-electron chi connectivity index (χ1n) is 8.58. The van der Waals surface area contributed by atoms with E-state index in [2.05, 4.69) is 46.2 Å². The predicted octanol–water partition coefficient (Wildman–Crippen LogP) is 2.10. The van der Waals surface area contributed by atoms with E-state index in [-0.39, 0.29) is 5.41 Å². The highest BCUT2D eigenvalue weighted by molar-refractivity contribution is 7.09. The average molecular weight is 357 g/mol. The molecule has 1 saturated heterocycles. The highest BCUT2D eigenvalue weighted by Crippen LogP contribution is 2.25. The van der Waals surface area contributed by atoms with Crippen LogP contribution in [0.2, 0.25) is 0 Å². The van der Waals surface area contributed by atoms with E-state index in [0.29, 0.717) is 5.92 Å². The summed E-state index contributed by atoms with van der Waals surface area (Å²) >= 11 is 1.69. The standard InChI is InChI=1S/C17H23N7S/c1-17(2,3)16-21-20-13-4-5-14(22-24(13)16)23-10-12(11-23)8-18-9-15-19-6-7-25-15/h4-7,12,18H,8-11H2,1-3H3. The third-order valence-corrected chi connectivity index (χ3v) is 5.17. The van der Waals surface area contributed by atoms with Crippen molar-refractivity contribution in [1.82, 2.24) is 30.1 Å². The second-order valence-corrected chi connectivity index (χ2v) is 8.54. The molecule has 1 N–H and O–H groups in total. The van der Waals surface area contributed by atoms with E-state index in [4.69, 9.17) is 5.10 Å². The molecule has 0 bridgehead atoms. The van der Waals surface area contributed by atoms with Crippen molar-refractivity contribution in [3.63, 3.8) is 0 Å². The van der Waals surface area contributed by atoms with E-state index >= 15 is 0 Å². The number of nitrogens with zero attached hydrogens (tertiary/aromatic N) is 6. The molecule has 7 nitrogen and oxygen atoms in total. The quantitative estimate of drug-likeness (QED) is 0.754. The number of fused-ring (bicyclic) bond motifs is 1. The van der Waals surface area contributed by atoms with Crippen LogP contribution in [0.4, 0.5) is 5.82 Å². The Bertz CT molecular complexity index is 844. The van der Waals surface area contributed by atoms with E-state index in [1.807, 2.05) is 28.2 Å². The summed E-state index contributed by atoms with van der Waals surface area (Å²) in [6.07, 6.45) is 1.85. The van der Waals surface area contributed by atoms with Crippen molar-refractivity contribution >= 4 is 22.8 Å². The van der Waals surface area contributed by atoms with Gasteiger partial charge in [0.2, 0.25) is 0 Å². The Labute approximate surface area is 151 Å². The zero-order valence-electron chi connectivity index (χ0n) is 14.8. The highest BCUT2D eigenvalue weighted by Gasteiger charge is 2.28. The molecule has 3 aromatic rings. The minimum Gasteiger partial charge on any atom is -0.354 e. The summed E-state index contributed by atoms with van der Waals surface area (Å²) in [7, 11) is 0. The van der Waals surface area contributed by atoms with Crippen LogP contribution in [0.5, 0.6) is 0 Å². The number of nitrogens with one attached hydrogen (secondary N) is 1. The van der Waals surface area contributed by atoms with Gasteiger partial charge in [-0.3, -0.25) is 0 Å². The largest absolute Gasteiger partial charge is 0.354 e. The van der Waals surface area contributed by atoms with Gasteiger partial charge in [-0.2, -0.15) is 4.52 Å². The molecule has 1 fully saturated rings. The molecule has 4 heterocycles. The van der Waals surface area contributed by atoms with Gasteiger partial charge in [-0.15, -0.1) is 26.6 Å². The van der Waals surface area contributed by atoms with Gasteiger partial charge < -0.3 is 10.2 Å². The summed E-state index contributed by atoms with van der Waals surface area (Å²) < 4.78 is 1.88. The number of aromatic nitrogens is 5. The van der Waals surface area contributed by atoms with Gasteiger partial charge in [-0.25, -0.2) is 4.98 Å². The van der Waals surface area contributed by atoms with Crippen LogP contribution in [-0.4, -0.2) is 44.4 Å². The molecule has 0 spiro atoms. The molecule has 0 aliphatic carbocycles. The van der Waals surface area contributed by atoms with E-state index < -0.39 is 0 Å². The van der Waals surface area contributed by atoms with Crippen LogP contribution >= 0.6 is 11.3 Å². The van der Waals surface area contributed by atoms with Crippen LogP contribution in [-0.2, 0) is 12.0 Å².